The zero-order valence-electron chi connectivity index (χ0n) is 14.6. The highest BCUT2D eigenvalue weighted by Gasteiger charge is 2.24. The lowest BCUT2D eigenvalue weighted by Gasteiger charge is -2.29. The van der Waals surface area contributed by atoms with Crippen LogP contribution in [0, 0.1) is 0 Å². The fourth-order valence-electron chi connectivity index (χ4n) is 3.45. The number of sulfonamides is 1. The number of aryl methyl sites for hydroxylation is 1. The lowest BCUT2D eigenvalue weighted by molar-refractivity contribution is -0.117. The van der Waals surface area contributed by atoms with Crippen molar-refractivity contribution in [3.05, 3.63) is 66.5 Å². The molecule has 0 atom stereocenters. The molecule has 1 aliphatic heterocycles. The Morgan fingerprint density at radius 3 is 2.85 bits per heavy atom. The summed E-state index contributed by atoms with van der Waals surface area (Å²) in [4.78, 5) is 18.5. The molecule has 0 fully saturated rings. The largest absolute Gasteiger partial charge is 0.311 e. The Balaban J connectivity index is 1.55. The molecule has 1 aliphatic rings. The number of hydrogen-bond acceptors (Lipinski definition) is 4. The molecular formula is C20H19N3O3S. The van der Waals surface area contributed by atoms with Crippen LogP contribution in [0.25, 0.3) is 10.8 Å². The van der Waals surface area contributed by atoms with Crippen molar-refractivity contribution in [3.8, 4) is 0 Å². The van der Waals surface area contributed by atoms with Crippen molar-refractivity contribution in [2.75, 3.05) is 18.0 Å². The number of aromatic nitrogens is 1. The van der Waals surface area contributed by atoms with E-state index in [4.69, 9.17) is 0 Å². The number of anilines is 1. The predicted octanol–water partition coefficient (Wildman–Crippen LogP) is 2.49. The van der Waals surface area contributed by atoms with E-state index in [0.717, 1.165) is 29.5 Å². The van der Waals surface area contributed by atoms with Gasteiger partial charge in [-0.25, -0.2) is 13.1 Å². The normalized spacial score (nSPS) is 14.1. The summed E-state index contributed by atoms with van der Waals surface area (Å²) in [5.74, 6) is -0.257. The molecule has 27 heavy (non-hydrogen) atoms. The van der Waals surface area contributed by atoms with Crippen LogP contribution in [-0.2, 0) is 21.2 Å². The summed E-state index contributed by atoms with van der Waals surface area (Å²) in [5, 5.41) is 1.31. The van der Waals surface area contributed by atoms with Gasteiger partial charge in [-0.3, -0.25) is 9.78 Å². The quantitative estimate of drug-likeness (QED) is 0.753. The molecule has 1 aromatic heterocycles. The Morgan fingerprint density at radius 2 is 1.96 bits per heavy atom. The van der Waals surface area contributed by atoms with Gasteiger partial charge in [-0.2, -0.15) is 0 Å². The molecule has 0 aliphatic carbocycles. The standard InChI is InChI=1S/C20H19N3O3S/c24-20(23-12-4-7-15-5-1-2-8-18(15)23)14-22-27(25,26)19-9-3-6-16-13-21-11-10-17(16)19/h1-3,5-6,8-11,13,22H,4,7,12,14H2. The molecule has 138 valence electrons. The summed E-state index contributed by atoms with van der Waals surface area (Å²) < 4.78 is 28.0. The molecule has 3 aromatic rings. The van der Waals surface area contributed by atoms with Gasteiger partial charge in [0.05, 0.1) is 11.4 Å². The van der Waals surface area contributed by atoms with Gasteiger partial charge in [0.25, 0.3) is 0 Å². The van der Waals surface area contributed by atoms with E-state index in [2.05, 4.69) is 9.71 Å². The molecule has 7 heteroatoms. The first-order chi connectivity index (χ1) is 13.1. The number of carbonyl (C=O) groups is 1. The highest BCUT2D eigenvalue weighted by atomic mass is 32.2. The smallest absolute Gasteiger partial charge is 0.242 e. The van der Waals surface area contributed by atoms with Crippen molar-refractivity contribution in [2.45, 2.75) is 17.7 Å². The Hall–Kier alpha value is -2.77. The number of nitrogens with one attached hydrogen (secondary N) is 1. The van der Waals surface area contributed by atoms with Crippen LogP contribution < -0.4 is 9.62 Å². The number of amides is 1. The van der Waals surface area contributed by atoms with E-state index in [1.807, 2.05) is 24.3 Å². The Morgan fingerprint density at radius 1 is 1.11 bits per heavy atom. The van der Waals surface area contributed by atoms with Gasteiger partial charge in [-0.05, 0) is 36.6 Å². The van der Waals surface area contributed by atoms with Crippen LogP contribution in [0.1, 0.15) is 12.0 Å². The highest BCUT2D eigenvalue weighted by molar-refractivity contribution is 7.89. The molecule has 6 nitrogen and oxygen atoms in total. The molecule has 2 aromatic carbocycles. The minimum atomic E-state index is -3.82. The average molecular weight is 381 g/mol. The second kappa shape index (κ2) is 7.09. The third kappa shape index (κ3) is 3.43. The zero-order chi connectivity index (χ0) is 18.9. The maximum atomic E-state index is 12.8. The Bertz CT molecular complexity index is 1110. The van der Waals surface area contributed by atoms with Crippen molar-refractivity contribution in [2.24, 2.45) is 0 Å². The number of benzene rings is 2. The van der Waals surface area contributed by atoms with E-state index in [-0.39, 0.29) is 17.3 Å². The van der Waals surface area contributed by atoms with Gasteiger partial charge in [0.15, 0.2) is 0 Å². The van der Waals surface area contributed by atoms with Gasteiger partial charge >= 0.3 is 0 Å². The topological polar surface area (TPSA) is 79.4 Å². The van der Waals surface area contributed by atoms with Crippen molar-refractivity contribution in [1.82, 2.24) is 9.71 Å². The number of carbonyl (C=O) groups excluding carboxylic acids is 1. The number of nitrogens with zero attached hydrogens (tertiary/aromatic N) is 2. The van der Waals surface area contributed by atoms with Crippen LogP contribution in [0.2, 0.25) is 0 Å². The summed E-state index contributed by atoms with van der Waals surface area (Å²) in [7, 11) is -3.82. The number of fused-ring (bicyclic) bond motifs is 2. The van der Waals surface area contributed by atoms with E-state index in [0.29, 0.717) is 11.9 Å². The van der Waals surface area contributed by atoms with Gasteiger partial charge in [0.1, 0.15) is 0 Å². The van der Waals surface area contributed by atoms with E-state index in [9.17, 15) is 13.2 Å². The van der Waals surface area contributed by atoms with Crippen LogP contribution in [0.4, 0.5) is 5.69 Å². The van der Waals surface area contributed by atoms with Crippen LogP contribution in [-0.4, -0.2) is 32.4 Å². The summed E-state index contributed by atoms with van der Waals surface area (Å²) in [6.07, 6.45) is 4.96. The SMILES string of the molecule is O=C(CNS(=O)(=O)c1cccc2cnccc12)N1CCCc2ccccc21. The lowest BCUT2D eigenvalue weighted by Crippen LogP contribution is -2.42. The van der Waals surface area contributed by atoms with Crippen molar-refractivity contribution in [1.29, 1.82) is 0 Å². The summed E-state index contributed by atoms with van der Waals surface area (Å²) in [6.45, 7) is 0.315. The fraction of sp³-hybridized carbons (Fsp3) is 0.200. The minimum Gasteiger partial charge on any atom is -0.311 e. The highest BCUT2D eigenvalue weighted by Crippen LogP contribution is 2.27. The summed E-state index contributed by atoms with van der Waals surface area (Å²) in [5.41, 5.74) is 1.98. The van der Waals surface area contributed by atoms with Crippen LogP contribution in [0.15, 0.2) is 65.8 Å². The molecular weight excluding hydrogens is 362 g/mol. The zero-order valence-corrected chi connectivity index (χ0v) is 15.4. The Kier molecular flexibility index (Phi) is 4.63. The number of pyridine rings is 1. The first kappa shape index (κ1) is 17.6. The third-order valence-electron chi connectivity index (χ3n) is 4.75. The van der Waals surface area contributed by atoms with Crippen molar-refractivity contribution >= 4 is 32.4 Å². The molecule has 4 rings (SSSR count). The number of rotatable bonds is 4. The molecule has 1 amide bonds. The maximum absolute atomic E-state index is 12.8. The van der Waals surface area contributed by atoms with Crippen LogP contribution >= 0.6 is 0 Å². The monoisotopic (exact) mass is 381 g/mol. The molecule has 0 bridgehead atoms. The average Bonchev–Trinajstić information content (AvgIpc) is 2.71. The van der Waals surface area contributed by atoms with Gasteiger partial charge in [-0.1, -0.05) is 30.3 Å². The molecule has 0 saturated carbocycles. The lowest BCUT2D eigenvalue weighted by atomic mass is 10.0. The van der Waals surface area contributed by atoms with Crippen molar-refractivity contribution in [3.63, 3.8) is 0 Å². The maximum Gasteiger partial charge on any atom is 0.242 e. The Labute approximate surface area is 157 Å². The van der Waals surface area contributed by atoms with E-state index in [1.54, 1.807) is 35.5 Å². The summed E-state index contributed by atoms with van der Waals surface area (Å²) >= 11 is 0. The molecule has 0 radical (unpaired) electrons. The number of hydrogen-bond donors (Lipinski definition) is 1. The van der Waals surface area contributed by atoms with Gasteiger partial charge in [-0.15, -0.1) is 0 Å². The number of para-hydroxylation sites is 1. The van der Waals surface area contributed by atoms with E-state index in [1.165, 1.54) is 6.07 Å². The van der Waals surface area contributed by atoms with E-state index < -0.39 is 10.0 Å². The molecule has 0 saturated heterocycles. The summed E-state index contributed by atoms with van der Waals surface area (Å²) in [6, 6.07) is 14.4. The molecule has 1 N–H and O–H groups in total. The van der Waals surface area contributed by atoms with Crippen molar-refractivity contribution < 1.29 is 13.2 Å². The van der Waals surface area contributed by atoms with Crippen LogP contribution in [0.5, 0.6) is 0 Å². The predicted molar refractivity (Wildman–Crippen MR) is 104 cm³/mol. The first-order valence-electron chi connectivity index (χ1n) is 8.77. The third-order valence-corrected chi connectivity index (χ3v) is 6.21. The molecule has 0 spiro atoms. The molecule has 2 heterocycles. The first-order valence-corrected chi connectivity index (χ1v) is 10.3. The van der Waals surface area contributed by atoms with Crippen LogP contribution in [0.3, 0.4) is 0 Å². The van der Waals surface area contributed by atoms with Gasteiger partial charge < -0.3 is 4.90 Å². The minimum absolute atomic E-state index is 0.147. The van der Waals surface area contributed by atoms with Gasteiger partial charge in [0.2, 0.25) is 15.9 Å². The van der Waals surface area contributed by atoms with E-state index >= 15 is 0 Å². The van der Waals surface area contributed by atoms with Gasteiger partial charge in [0, 0.05) is 35.4 Å². The fourth-order valence-corrected chi connectivity index (χ4v) is 4.65. The molecule has 0 unspecified atom stereocenters. The second-order valence-electron chi connectivity index (χ2n) is 6.46. The second-order valence-corrected chi connectivity index (χ2v) is 8.19.